The third-order valence-electron chi connectivity index (χ3n) is 6.38. The molecule has 1 aliphatic rings. The summed E-state index contributed by atoms with van der Waals surface area (Å²) in [4.78, 5) is 13.3. The molecule has 0 radical (unpaired) electrons. The highest BCUT2D eigenvalue weighted by Gasteiger charge is 2.20. The smallest absolute Gasteiger partial charge is 0.259 e. The molecule has 2 atom stereocenters. The Kier molecular flexibility index (Phi) is 8.40. The molecule has 0 spiro atoms. The molecule has 0 saturated heterocycles. The summed E-state index contributed by atoms with van der Waals surface area (Å²) in [7, 11) is 3.44. The van der Waals surface area contributed by atoms with Crippen LogP contribution >= 0.6 is 0 Å². The highest BCUT2D eigenvalue weighted by atomic mass is 16.5. The van der Waals surface area contributed by atoms with Crippen molar-refractivity contribution in [2.45, 2.75) is 38.0 Å². The molecule has 2 N–H and O–H groups in total. The number of carbonyl (C=O) groups is 1. The number of benzene rings is 3. The fourth-order valence-electron chi connectivity index (χ4n) is 4.19. The van der Waals surface area contributed by atoms with Crippen LogP contribution in [0, 0.1) is 0 Å². The summed E-state index contributed by atoms with van der Waals surface area (Å²) in [5, 5.41) is 14.2. The summed E-state index contributed by atoms with van der Waals surface area (Å²) >= 11 is 0. The third kappa shape index (κ3) is 7.07. The number of fused-ring (bicyclic) bond motifs is 1. The second-order valence-electron chi connectivity index (χ2n) is 9.21. The molecule has 0 fully saturated rings. The van der Waals surface area contributed by atoms with Gasteiger partial charge in [-0.1, -0.05) is 48.5 Å². The zero-order valence-electron chi connectivity index (χ0n) is 20.4. The van der Waals surface area contributed by atoms with Gasteiger partial charge in [0.2, 0.25) is 0 Å². The van der Waals surface area contributed by atoms with E-state index < -0.39 is 6.10 Å². The lowest BCUT2D eigenvalue weighted by molar-refractivity contribution is -0.130. The molecule has 1 aliphatic carbocycles. The predicted molar refractivity (Wildman–Crippen MR) is 137 cm³/mol. The molecule has 0 bridgehead atoms. The number of nitrogens with one attached hydrogen (secondary N) is 1. The fraction of sp³-hybridized carbons (Fsp3) is 0.345. The van der Waals surface area contributed by atoms with Gasteiger partial charge in [0.15, 0.2) is 6.61 Å². The second kappa shape index (κ2) is 11.9. The van der Waals surface area contributed by atoms with Crippen LogP contribution in [0.4, 0.5) is 0 Å². The molecule has 6 heteroatoms. The molecule has 184 valence electrons. The molecule has 3 aromatic rings. The molecule has 0 aromatic heterocycles. The maximum atomic E-state index is 11.8. The molecule has 0 heterocycles. The van der Waals surface area contributed by atoms with Gasteiger partial charge in [-0.3, -0.25) is 4.79 Å². The van der Waals surface area contributed by atoms with Crippen LogP contribution in [0.5, 0.6) is 11.5 Å². The molecule has 6 nitrogen and oxygen atoms in total. The average Bonchev–Trinajstić information content (AvgIpc) is 2.89. The molecule has 3 aromatic carbocycles. The van der Waals surface area contributed by atoms with E-state index in [2.05, 4.69) is 11.4 Å². The van der Waals surface area contributed by atoms with Gasteiger partial charge in [-0.2, -0.15) is 0 Å². The second-order valence-corrected chi connectivity index (χ2v) is 9.21. The maximum absolute atomic E-state index is 11.8. The number of hydrogen-bond donors (Lipinski definition) is 2. The van der Waals surface area contributed by atoms with E-state index in [-0.39, 0.29) is 18.6 Å². The number of aliphatic hydroxyl groups excluding tert-OH is 1. The first kappa shape index (κ1) is 24.8. The zero-order valence-corrected chi connectivity index (χ0v) is 20.4. The van der Waals surface area contributed by atoms with E-state index in [4.69, 9.17) is 9.47 Å². The molecule has 0 unspecified atom stereocenters. The Hall–Kier alpha value is -3.35. The van der Waals surface area contributed by atoms with Gasteiger partial charge in [-0.25, -0.2) is 0 Å². The first-order chi connectivity index (χ1) is 17.0. The molecule has 35 heavy (non-hydrogen) atoms. The summed E-state index contributed by atoms with van der Waals surface area (Å²) in [6.45, 7) is 1.04. The Labute approximate surface area is 207 Å². The van der Waals surface area contributed by atoms with Crippen LogP contribution in [-0.4, -0.2) is 49.2 Å². The quantitative estimate of drug-likeness (QED) is 0.466. The Morgan fingerprint density at radius 3 is 2.49 bits per heavy atom. The molecular formula is C29H34N2O4. The molecule has 1 amide bonds. The van der Waals surface area contributed by atoms with Crippen LogP contribution in [-0.2, 0) is 24.2 Å². The van der Waals surface area contributed by atoms with Crippen LogP contribution < -0.4 is 14.8 Å². The minimum Gasteiger partial charge on any atom is -0.489 e. The van der Waals surface area contributed by atoms with Crippen molar-refractivity contribution in [3.05, 3.63) is 95.1 Å². The van der Waals surface area contributed by atoms with E-state index in [9.17, 15) is 9.90 Å². The van der Waals surface area contributed by atoms with Gasteiger partial charge in [0, 0.05) is 26.7 Å². The van der Waals surface area contributed by atoms with Crippen molar-refractivity contribution < 1.29 is 19.4 Å². The van der Waals surface area contributed by atoms with Crippen LogP contribution in [0.2, 0.25) is 0 Å². The number of likely N-dealkylation sites (N-methyl/N-ethyl adjacent to an activating group) is 1. The van der Waals surface area contributed by atoms with E-state index in [0.717, 1.165) is 36.1 Å². The van der Waals surface area contributed by atoms with Crippen LogP contribution in [0.3, 0.4) is 0 Å². The lowest BCUT2D eigenvalue weighted by Gasteiger charge is -2.27. The normalized spacial score (nSPS) is 15.7. The van der Waals surface area contributed by atoms with Crippen molar-refractivity contribution in [3.63, 3.8) is 0 Å². The van der Waals surface area contributed by atoms with Crippen molar-refractivity contribution in [3.8, 4) is 11.5 Å². The van der Waals surface area contributed by atoms with Gasteiger partial charge >= 0.3 is 0 Å². The maximum Gasteiger partial charge on any atom is 0.259 e. The van der Waals surface area contributed by atoms with E-state index in [1.54, 1.807) is 14.1 Å². The van der Waals surface area contributed by atoms with E-state index in [0.29, 0.717) is 18.9 Å². The number of aryl methyl sites for hydroxylation is 1. The van der Waals surface area contributed by atoms with Gasteiger partial charge in [-0.15, -0.1) is 0 Å². The van der Waals surface area contributed by atoms with Crippen LogP contribution in [0.1, 0.15) is 34.8 Å². The summed E-state index contributed by atoms with van der Waals surface area (Å²) in [6, 6.07) is 24.0. The number of hydrogen-bond acceptors (Lipinski definition) is 5. The van der Waals surface area contributed by atoms with Gasteiger partial charge in [0.05, 0.1) is 6.10 Å². The molecule has 0 saturated carbocycles. The Bertz CT molecular complexity index is 1100. The van der Waals surface area contributed by atoms with Gasteiger partial charge < -0.3 is 24.8 Å². The SMILES string of the molecule is CN(C)C(=O)COc1ccc2c(c1)C[C@@H](NC[C@@H](O)c1ccc(OCc3ccccc3)cc1)CC2. The molecular weight excluding hydrogens is 440 g/mol. The minimum atomic E-state index is -0.591. The van der Waals surface area contributed by atoms with Gasteiger partial charge in [-0.05, 0) is 65.8 Å². The lowest BCUT2D eigenvalue weighted by Crippen LogP contribution is -2.37. The van der Waals surface area contributed by atoms with E-state index in [1.807, 2.05) is 66.7 Å². The van der Waals surface area contributed by atoms with Gasteiger partial charge in [0.25, 0.3) is 5.91 Å². The first-order valence-corrected chi connectivity index (χ1v) is 12.1. The number of nitrogens with zero attached hydrogens (tertiary/aromatic N) is 1. The largest absolute Gasteiger partial charge is 0.489 e. The fourth-order valence-corrected chi connectivity index (χ4v) is 4.19. The Morgan fingerprint density at radius 1 is 1.00 bits per heavy atom. The number of ether oxygens (including phenoxy) is 2. The van der Waals surface area contributed by atoms with Crippen molar-refractivity contribution in [2.75, 3.05) is 27.2 Å². The minimum absolute atomic E-state index is 0.0374. The Morgan fingerprint density at radius 2 is 1.74 bits per heavy atom. The standard InChI is InChI=1S/C29H34N2O4/c1-31(2)29(33)20-35-27-15-9-22-8-12-25(16-24(22)17-27)30-18-28(32)23-10-13-26(14-11-23)34-19-21-6-4-3-5-7-21/h3-7,9-11,13-15,17,25,28,30,32H,8,12,16,18-20H2,1-2H3/t25-,28+/m0/s1. The summed E-state index contributed by atoms with van der Waals surface area (Å²) in [5.74, 6) is 1.44. The number of amides is 1. The monoisotopic (exact) mass is 474 g/mol. The summed E-state index contributed by atoms with van der Waals surface area (Å²) in [5.41, 5.74) is 4.54. The zero-order chi connectivity index (χ0) is 24.6. The topological polar surface area (TPSA) is 71.0 Å². The average molecular weight is 475 g/mol. The molecule has 4 rings (SSSR count). The number of carbonyl (C=O) groups excluding carboxylic acids is 1. The van der Waals surface area contributed by atoms with E-state index >= 15 is 0 Å². The van der Waals surface area contributed by atoms with Crippen LogP contribution in [0.15, 0.2) is 72.8 Å². The first-order valence-electron chi connectivity index (χ1n) is 12.1. The highest BCUT2D eigenvalue weighted by molar-refractivity contribution is 5.77. The van der Waals surface area contributed by atoms with Crippen molar-refractivity contribution in [1.82, 2.24) is 10.2 Å². The number of aliphatic hydroxyl groups is 1. The molecule has 0 aliphatic heterocycles. The van der Waals surface area contributed by atoms with Crippen molar-refractivity contribution in [1.29, 1.82) is 0 Å². The summed E-state index contributed by atoms with van der Waals surface area (Å²) < 4.78 is 11.5. The predicted octanol–water partition coefficient (Wildman–Crippen LogP) is 3.91. The van der Waals surface area contributed by atoms with Crippen molar-refractivity contribution >= 4 is 5.91 Å². The third-order valence-corrected chi connectivity index (χ3v) is 6.38. The van der Waals surface area contributed by atoms with Crippen LogP contribution in [0.25, 0.3) is 0 Å². The highest BCUT2D eigenvalue weighted by Crippen LogP contribution is 2.26. The number of rotatable bonds is 10. The lowest BCUT2D eigenvalue weighted by atomic mass is 9.88. The van der Waals surface area contributed by atoms with Crippen molar-refractivity contribution in [2.24, 2.45) is 0 Å². The summed E-state index contributed by atoms with van der Waals surface area (Å²) in [6.07, 6.45) is 2.28. The van der Waals surface area contributed by atoms with Gasteiger partial charge in [0.1, 0.15) is 18.1 Å². The Balaban J connectivity index is 1.25. The van der Waals surface area contributed by atoms with E-state index in [1.165, 1.54) is 16.0 Å².